The van der Waals surface area contributed by atoms with Crippen LogP contribution in [0.4, 0.5) is 0 Å². The summed E-state index contributed by atoms with van der Waals surface area (Å²) in [6.45, 7) is 3.67. The van der Waals surface area contributed by atoms with Crippen molar-refractivity contribution < 1.29 is 19.4 Å². The van der Waals surface area contributed by atoms with E-state index in [4.69, 9.17) is 27.9 Å². The third kappa shape index (κ3) is 5.06. The fourth-order valence-electron chi connectivity index (χ4n) is 5.32. The van der Waals surface area contributed by atoms with Gasteiger partial charge in [0.15, 0.2) is 5.60 Å². The predicted molar refractivity (Wildman–Crippen MR) is 135 cm³/mol. The average molecular weight is 504 g/mol. The summed E-state index contributed by atoms with van der Waals surface area (Å²) in [5, 5.41) is 12.8. The summed E-state index contributed by atoms with van der Waals surface area (Å²) in [6.07, 6.45) is 6.97. The maximum absolute atomic E-state index is 12.6. The van der Waals surface area contributed by atoms with Crippen LogP contribution in [0.25, 0.3) is 11.1 Å². The number of carbonyl (C=O) groups excluding carboxylic acids is 1. The Kier molecular flexibility index (Phi) is 7.44. The van der Waals surface area contributed by atoms with Crippen molar-refractivity contribution in [3.05, 3.63) is 52.0 Å². The van der Waals surface area contributed by atoms with E-state index in [1.165, 1.54) is 51.5 Å². The molecule has 182 valence electrons. The highest BCUT2D eigenvalue weighted by Gasteiger charge is 2.38. The van der Waals surface area contributed by atoms with E-state index in [9.17, 15) is 14.7 Å². The summed E-state index contributed by atoms with van der Waals surface area (Å²) in [7, 11) is 0. The van der Waals surface area contributed by atoms with Gasteiger partial charge in [-0.1, -0.05) is 66.7 Å². The summed E-state index contributed by atoms with van der Waals surface area (Å²) < 4.78 is 5.60. The van der Waals surface area contributed by atoms with Gasteiger partial charge in [-0.3, -0.25) is 4.79 Å². The van der Waals surface area contributed by atoms with Crippen LogP contribution in [0, 0.1) is 11.8 Å². The molecule has 2 unspecified atom stereocenters. The van der Waals surface area contributed by atoms with E-state index in [0.717, 1.165) is 24.1 Å². The molecule has 0 bridgehead atoms. The number of rotatable bonds is 7. The van der Waals surface area contributed by atoms with Crippen LogP contribution in [0.5, 0.6) is 5.75 Å². The number of carboxylic acid groups (broad SMARTS) is 1. The second kappa shape index (κ2) is 10.2. The number of hydrogen-bond donors (Lipinski definition) is 2. The molecule has 1 aliphatic carbocycles. The topological polar surface area (TPSA) is 75.6 Å². The number of carboxylic acids is 1. The predicted octanol–water partition coefficient (Wildman–Crippen LogP) is 6.70. The average Bonchev–Trinajstić information content (AvgIpc) is 3.24. The van der Waals surface area contributed by atoms with Crippen molar-refractivity contribution in [3.63, 3.8) is 0 Å². The quantitative estimate of drug-likeness (QED) is 0.440. The highest BCUT2D eigenvalue weighted by atomic mass is 35.5. The van der Waals surface area contributed by atoms with Gasteiger partial charge >= 0.3 is 5.97 Å². The van der Waals surface area contributed by atoms with Crippen LogP contribution in [0.15, 0.2) is 36.4 Å². The Morgan fingerprint density at radius 1 is 1.03 bits per heavy atom. The maximum Gasteiger partial charge on any atom is 0.347 e. The summed E-state index contributed by atoms with van der Waals surface area (Å²) in [5.74, 6) is 0.0904. The lowest BCUT2D eigenvalue weighted by molar-refractivity contribution is -0.152. The minimum Gasteiger partial charge on any atom is -0.478 e. The van der Waals surface area contributed by atoms with E-state index in [1.54, 1.807) is 12.1 Å². The van der Waals surface area contributed by atoms with Gasteiger partial charge in [0.2, 0.25) is 5.91 Å². The van der Waals surface area contributed by atoms with E-state index < -0.39 is 11.6 Å². The first-order valence-electron chi connectivity index (χ1n) is 12.0. The van der Waals surface area contributed by atoms with Gasteiger partial charge in [0.1, 0.15) is 10.8 Å². The molecule has 2 atom stereocenters. The van der Waals surface area contributed by atoms with Crippen molar-refractivity contribution in [1.82, 2.24) is 5.32 Å². The standard InChI is InChI=1S/C27H31Cl2NO4/c1-27(2,26(32)33)34-21-13-12-19(23(28)24(21)29)16-8-10-18(11-9-16)22(17-6-4-3-5-7-17)20-14-15-30-25(20)31/h8-13,17,20,22H,3-7,14-15H2,1-2H3,(H,30,31)(H,32,33). The van der Waals surface area contributed by atoms with Crippen molar-refractivity contribution in [1.29, 1.82) is 0 Å². The molecule has 7 heteroatoms. The number of aliphatic carboxylic acids is 1. The lowest BCUT2D eigenvalue weighted by Gasteiger charge is -2.33. The van der Waals surface area contributed by atoms with Crippen LogP contribution in [0.2, 0.25) is 10.0 Å². The molecule has 0 aromatic heterocycles. The Hall–Kier alpha value is -2.24. The van der Waals surface area contributed by atoms with Crippen LogP contribution in [0.1, 0.15) is 63.9 Å². The Bertz CT molecular complexity index is 1060. The fourth-order valence-corrected chi connectivity index (χ4v) is 5.79. The third-order valence-corrected chi connectivity index (χ3v) is 8.08. The molecular weight excluding hydrogens is 473 g/mol. The Morgan fingerprint density at radius 2 is 1.71 bits per heavy atom. The summed E-state index contributed by atoms with van der Waals surface area (Å²) in [6, 6.07) is 11.7. The molecule has 34 heavy (non-hydrogen) atoms. The van der Waals surface area contributed by atoms with E-state index in [2.05, 4.69) is 17.4 Å². The van der Waals surface area contributed by atoms with E-state index in [1.807, 2.05) is 12.1 Å². The highest BCUT2D eigenvalue weighted by Crippen LogP contribution is 2.45. The second-order valence-electron chi connectivity index (χ2n) is 9.89. The van der Waals surface area contributed by atoms with Crippen molar-refractivity contribution in [2.45, 2.75) is 63.9 Å². The van der Waals surface area contributed by atoms with Crippen molar-refractivity contribution in [2.24, 2.45) is 11.8 Å². The smallest absolute Gasteiger partial charge is 0.347 e. The third-order valence-electron chi connectivity index (χ3n) is 7.22. The number of amides is 1. The van der Waals surface area contributed by atoms with Gasteiger partial charge in [-0.15, -0.1) is 0 Å². The Labute approximate surface area is 210 Å². The molecule has 2 aromatic rings. The lowest BCUT2D eigenvalue weighted by Crippen LogP contribution is -2.37. The van der Waals surface area contributed by atoms with Crippen molar-refractivity contribution >= 4 is 35.1 Å². The van der Waals surface area contributed by atoms with Crippen LogP contribution in [-0.2, 0) is 9.59 Å². The van der Waals surface area contributed by atoms with E-state index >= 15 is 0 Å². The molecular formula is C27H31Cl2NO4. The number of nitrogens with one attached hydrogen (secondary N) is 1. The van der Waals surface area contributed by atoms with Crippen LogP contribution < -0.4 is 10.1 Å². The molecule has 5 nitrogen and oxygen atoms in total. The SMILES string of the molecule is CC(C)(Oc1ccc(-c2ccc(C(C3CCCCC3)C3CCNC3=O)cc2)c(Cl)c1Cl)C(=O)O. The number of benzene rings is 2. The van der Waals surface area contributed by atoms with Gasteiger partial charge in [0.25, 0.3) is 0 Å². The summed E-state index contributed by atoms with van der Waals surface area (Å²) in [4.78, 5) is 24.0. The van der Waals surface area contributed by atoms with Crippen LogP contribution in [0.3, 0.4) is 0 Å². The maximum atomic E-state index is 12.6. The van der Waals surface area contributed by atoms with Gasteiger partial charge in [-0.2, -0.15) is 0 Å². The Balaban J connectivity index is 1.61. The zero-order valence-corrected chi connectivity index (χ0v) is 21.1. The first-order valence-corrected chi connectivity index (χ1v) is 12.7. The normalized spacial score (nSPS) is 20.1. The first kappa shape index (κ1) is 24.9. The van der Waals surface area contributed by atoms with Crippen molar-refractivity contribution in [3.8, 4) is 16.9 Å². The van der Waals surface area contributed by atoms with Crippen molar-refractivity contribution in [2.75, 3.05) is 6.54 Å². The number of ether oxygens (including phenoxy) is 1. The van der Waals surface area contributed by atoms with Crippen LogP contribution in [-0.4, -0.2) is 29.1 Å². The van der Waals surface area contributed by atoms with E-state index in [0.29, 0.717) is 10.9 Å². The number of halogens is 2. The zero-order valence-electron chi connectivity index (χ0n) is 19.6. The monoisotopic (exact) mass is 503 g/mol. The molecule has 1 amide bonds. The molecule has 0 radical (unpaired) electrons. The zero-order chi connectivity index (χ0) is 24.5. The molecule has 1 saturated carbocycles. The van der Waals surface area contributed by atoms with Gasteiger partial charge in [0.05, 0.1) is 5.02 Å². The molecule has 1 saturated heterocycles. The summed E-state index contributed by atoms with van der Waals surface area (Å²) in [5.41, 5.74) is 1.41. The molecule has 2 fully saturated rings. The minimum absolute atomic E-state index is 0.0287. The van der Waals surface area contributed by atoms with Gasteiger partial charge in [-0.25, -0.2) is 4.79 Å². The number of hydrogen-bond acceptors (Lipinski definition) is 3. The second-order valence-corrected chi connectivity index (χ2v) is 10.6. The van der Waals surface area contributed by atoms with Gasteiger partial charge < -0.3 is 15.2 Å². The Morgan fingerprint density at radius 3 is 2.29 bits per heavy atom. The van der Waals surface area contributed by atoms with Crippen LogP contribution >= 0.6 is 23.2 Å². The number of carbonyl (C=O) groups is 2. The molecule has 2 aliphatic rings. The molecule has 2 aromatic carbocycles. The molecule has 1 heterocycles. The molecule has 0 spiro atoms. The molecule has 4 rings (SSSR count). The largest absolute Gasteiger partial charge is 0.478 e. The van der Waals surface area contributed by atoms with Gasteiger partial charge in [0, 0.05) is 18.0 Å². The lowest BCUT2D eigenvalue weighted by atomic mass is 9.70. The highest BCUT2D eigenvalue weighted by molar-refractivity contribution is 6.44. The first-order chi connectivity index (χ1) is 16.2. The van der Waals surface area contributed by atoms with E-state index in [-0.39, 0.29) is 28.5 Å². The van der Waals surface area contributed by atoms with Gasteiger partial charge in [-0.05, 0) is 68.2 Å². The molecule has 2 N–H and O–H groups in total. The summed E-state index contributed by atoms with van der Waals surface area (Å²) >= 11 is 13.0. The fraction of sp³-hybridized carbons (Fsp3) is 0.481. The minimum atomic E-state index is -1.43. The molecule has 1 aliphatic heterocycles.